The third kappa shape index (κ3) is 6.38. The van der Waals surface area contributed by atoms with Gasteiger partial charge in [0, 0.05) is 40.8 Å². The molecule has 1 aliphatic rings. The molecule has 0 spiro atoms. The van der Waals surface area contributed by atoms with Crippen LogP contribution in [0.25, 0.3) is 21.8 Å². The fourth-order valence-electron chi connectivity index (χ4n) is 4.63. The Balaban J connectivity index is 0.000000180. The van der Waals surface area contributed by atoms with Crippen LogP contribution in [-0.4, -0.2) is 52.9 Å². The zero-order valence-electron chi connectivity index (χ0n) is 22.0. The summed E-state index contributed by atoms with van der Waals surface area (Å²) in [5.41, 5.74) is 5.37. The molecule has 5 rings (SSSR count). The van der Waals surface area contributed by atoms with Crippen molar-refractivity contribution in [2.45, 2.75) is 46.5 Å². The second-order valence-electron chi connectivity index (χ2n) is 9.32. The number of hydrogen-bond donors (Lipinski definition) is 0. The van der Waals surface area contributed by atoms with Crippen LogP contribution in [0.1, 0.15) is 65.7 Å². The average molecular weight is 498 g/mol. The molecule has 37 heavy (non-hydrogen) atoms. The van der Waals surface area contributed by atoms with Crippen molar-refractivity contribution in [2.24, 2.45) is 0 Å². The molecule has 6 nitrogen and oxygen atoms in total. The molecular formula is C31H35N3O3. The average Bonchev–Trinajstić information content (AvgIpc) is 2.93. The van der Waals surface area contributed by atoms with Crippen molar-refractivity contribution in [2.75, 3.05) is 26.3 Å². The van der Waals surface area contributed by atoms with Crippen LogP contribution < -0.4 is 0 Å². The number of ether oxygens (including phenoxy) is 1. The van der Waals surface area contributed by atoms with Crippen molar-refractivity contribution in [3.05, 3.63) is 83.2 Å². The van der Waals surface area contributed by atoms with Crippen molar-refractivity contribution in [1.82, 2.24) is 14.9 Å². The van der Waals surface area contributed by atoms with Crippen molar-refractivity contribution in [3.8, 4) is 0 Å². The molecular weight excluding hydrogens is 462 g/mol. The van der Waals surface area contributed by atoms with Gasteiger partial charge >= 0.3 is 0 Å². The number of morpholine rings is 1. The Hall–Kier alpha value is -3.64. The third-order valence-corrected chi connectivity index (χ3v) is 6.46. The second kappa shape index (κ2) is 12.5. The van der Waals surface area contributed by atoms with E-state index >= 15 is 0 Å². The van der Waals surface area contributed by atoms with Gasteiger partial charge in [0.2, 0.25) is 0 Å². The summed E-state index contributed by atoms with van der Waals surface area (Å²) in [7, 11) is 0. The number of nitrogens with zero attached hydrogens (tertiary/aromatic N) is 3. The van der Waals surface area contributed by atoms with Crippen molar-refractivity contribution in [1.29, 1.82) is 0 Å². The highest BCUT2D eigenvalue weighted by atomic mass is 16.5. The zero-order chi connectivity index (χ0) is 26.2. The van der Waals surface area contributed by atoms with Gasteiger partial charge < -0.3 is 9.64 Å². The summed E-state index contributed by atoms with van der Waals surface area (Å²) in [6.07, 6.45) is 3.89. The van der Waals surface area contributed by atoms with E-state index < -0.39 is 0 Å². The quantitative estimate of drug-likeness (QED) is 0.303. The van der Waals surface area contributed by atoms with Gasteiger partial charge in [-0.1, -0.05) is 63.1 Å². The first kappa shape index (κ1) is 26.4. The van der Waals surface area contributed by atoms with Gasteiger partial charge in [-0.25, -0.2) is 0 Å². The lowest BCUT2D eigenvalue weighted by Crippen LogP contribution is -2.40. The molecule has 1 aliphatic heterocycles. The summed E-state index contributed by atoms with van der Waals surface area (Å²) in [6.45, 7) is 8.42. The molecule has 6 heteroatoms. The number of rotatable bonds is 6. The van der Waals surface area contributed by atoms with Crippen LogP contribution in [0.15, 0.2) is 60.7 Å². The van der Waals surface area contributed by atoms with Gasteiger partial charge in [-0.05, 0) is 44.0 Å². The Kier molecular flexibility index (Phi) is 8.96. The van der Waals surface area contributed by atoms with Crippen molar-refractivity contribution >= 4 is 33.5 Å². The lowest BCUT2D eigenvalue weighted by molar-refractivity contribution is 0.0304. The number of hydrogen-bond acceptors (Lipinski definition) is 5. The molecule has 2 aromatic heterocycles. The predicted octanol–water partition coefficient (Wildman–Crippen LogP) is 6.05. The molecule has 3 heterocycles. The SMILES string of the molecule is CCCc1cc(C(=O)N2CCOCC2)c2ccccc2n1.CCCc1cc(C(C)=O)c2ccccc2n1. The summed E-state index contributed by atoms with van der Waals surface area (Å²) in [5, 5.41) is 1.89. The molecule has 0 unspecified atom stereocenters. The molecule has 0 bridgehead atoms. The standard InChI is InChI=1S/C17H20N2O2.C14H15NO/c1-2-5-13-12-15(14-6-3-4-7-16(14)18-13)17(20)19-8-10-21-11-9-19;1-3-6-11-9-13(10(2)16)12-7-4-5-8-14(12)15-11/h3-4,6-7,12H,2,5,8-11H2,1H3;4-5,7-9H,3,6H2,1-2H3. The molecule has 1 fully saturated rings. The first-order valence-electron chi connectivity index (χ1n) is 13.2. The minimum absolute atomic E-state index is 0.0919. The first-order chi connectivity index (χ1) is 18.0. The maximum absolute atomic E-state index is 12.8. The molecule has 0 atom stereocenters. The highest BCUT2D eigenvalue weighted by Gasteiger charge is 2.21. The van der Waals surface area contributed by atoms with E-state index in [0.29, 0.717) is 26.3 Å². The van der Waals surface area contributed by atoms with Crippen molar-refractivity contribution < 1.29 is 14.3 Å². The van der Waals surface area contributed by atoms with Crippen LogP contribution in [0, 0.1) is 0 Å². The summed E-state index contributed by atoms with van der Waals surface area (Å²) in [6, 6.07) is 19.6. The lowest BCUT2D eigenvalue weighted by Gasteiger charge is -2.27. The Bertz CT molecular complexity index is 1390. The molecule has 2 aromatic carbocycles. The number of ketones is 1. The van der Waals surface area contributed by atoms with E-state index in [2.05, 4.69) is 23.8 Å². The Morgan fingerprint density at radius 1 is 0.784 bits per heavy atom. The van der Waals surface area contributed by atoms with Gasteiger partial charge in [0.15, 0.2) is 5.78 Å². The zero-order valence-corrected chi connectivity index (χ0v) is 22.0. The van der Waals surface area contributed by atoms with Crippen LogP contribution >= 0.6 is 0 Å². The number of carbonyl (C=O) groups is 2. The van der Waals surface area contributed by atoms with E-state index in [4.69, 9.17) is 4.74 Å². The predicted molar refractivity (Wildman–Crippen MR) is 148 cm³/mol. The maximum Gasteiger partial charge on any atom is 0.254 e. The number of aromatic nitrogens is 2. The van der Waals surface area contributed by atoms with Gasteiger partial charge in [0.1, 0.15) is 0 Å². The largest absolute Gasteiger partial charge is 0.378 e. The maximum atomic E-state index is 12.8. The summed E-state index contributed by atoms with van der Waals surface area (Å²) in [5.74, 6) is 0.199. The Morgan fingerprint density at radius 2 is 1.27 bits per heavy atom. The molecule has 0 radical (unpaired) electrons. The molecule has 0 N–H and O–H groups in total. The summed E-state index contributed by atoms with van der Waals surface area (Å²) >= 11 is 0. The molecule has 0 aliphatic carbocycles. The van der Waals surface area contributed by atoms with Crippen LogP contribution in [0.2, 0.25) is 0 Å². The smallest absolute Gasteiger partial charge is 0.254 e. The number of para-hydroxylation sites is 2. The van der Waals surface area contributed by atoms with E-state index in [-0.39, 0.29) is 11.7 Å². The molecule has 0 saturated carbocycles. The summed E-state index contributed by atoms with van der Waals surface area (Å²) < 4.78 is 5.33. The van der Waals surface area contributed by atoms with Crippen LogP contribution in [-0.2, 0) is 17.6 Å². The number of aryl methyl sites for hydroxylation is 2. The summed E-state index contributed by atoms with van der Waals surface area (Å²) in [4.78, 5) is 35.5. The van der Waals surface area contributed by atoms with Gasteiger partial charge in [-0.2, -0.15) is 0 Å². The topological polar surface area (TPSA) is 72.4 Å². The third-order valence-electron chi connectivity index (χ3n) is 6.46. The molecule has 1 amide bonds. The monoisotopic (exact) mass is 497 g/mol. The van der Waals surface area contributed by atoms with E-state index in [1.807, 2.05) is 65.6 Å². The van der Waals surface area contributed by atoms with Crippen molar-refractivity contribution in [3.63, 3.8) is 0 Å². The molecule has 1 saturated heterocycles. The normalized spacial score (nSPS) is 13.3. The van der Waals surface area contributed by atoms with E-state index in [1.165, 1.54) is 0 Å². The van der Waals surface area contributed by atoms with Gasteiger partial charge in [0.05, 0.1) is 29.8 Å². The van der Waals surface area contributed by atoms with Gasteiger partial charge in [0.25, 0.3) is 5.91 Å². The number of benzene rings is 2. The van der Waals surface area contributed by atoms with E-state index in [0.717, 1.165) is 70.0 Å². The molecule has 4 aromatic rings. The number of amides is 1. The highest BCUT2D eigenvalue weighted by molar-refractivity contribution is 6.07. The minimum Gasteiger partial charge on any atom is -0.378 e. The number of fused-ring (bicyclic) bond motifs is 2. The van der Waals surface area contributed by atoms with Crippen LogP contribution in [0.5, 0.6) is 0 Å². The fourth-order valence-corrected chi connectivity index (χ4v) is 4.63. The molecule has 192 valence electrons. The van der Waals surface area contributed by atoms with E-state index in [1.54, 1.807) is 6.92 Å². The number of pyridine rings is 2. The van der Waals surface area contributed by atoms with E-state index in [9.17, 15) is 9.59 Å². The Labute approximate surface area is 218 Å². The second-order valence-corrected chi connectivity index (χ2v) is 9.32. The van der Waals surface area contributed by atoms with Gasteiger partial charge in [-0.15, -0.1) is 0 Å². The minimum atomic E-state index is 0.0919. The lowest BCUT2D eigenvalue weighted by atomic mass is 10.0. The number of carbonyl (C=O) groups excluding carboxylic acids is 2. The number of Topliss-reactive ketones (excluding diaryl/α,β-unsaturated/α-hetero) is 1. The Morgan fingerprint density at radius 3 is 1.78 bits per heavy atom. The van der Waals surface area contributed by atoms with Crippen LogP contribution in [0.4, 0.5) is 0 Å². The van der Waals surface area contributed by atoms with Crippen LogP contribution in [0.3, 0.4) is 0 Å². The highest BCUT2D eigenvalue weighted by Crippen LogP contribution is 2.22. The van der Waals surface area contributed by atoms with Gasteiger partial charge in [-0.3, -0.25) is 19.6 Å². The first-order valence-corrected chi connectivity index (χ1v) is 13.2. The fraction of sp³-hybridized carbons (Fsp3) is 0.355.